The van der Waals surface area contributed by atoms with E-state index in [0.717, 1.165) is 16.7 Å². The quantitative estimate of drug-likeness (QED) is 0.549. The van der Waals surface area contributed by atoms with E-state index in [2.05, 4.69) is 5.32 Å². The van der Waals surface area contributed by atoms with Gasteiger partial charge in [0, 0.05) is 12.2 Å². The van der Waals surface area contributed by atoms with E-state index in [1.54, 1.807) is 4.90 Å². The molecule has 2 aromatic carbocycles. The molecular formula is C27H31N3O3. The Morgan fingerprint density at radius 1 is 0.939 bits per heavy atom. The first-order chi connectivity index (χ1) is 16.0. The van der Waals surface area contributed by atoms with Gasteiger partial charge in [-0.25, -0.2) is 4.79 Å². The Balaban J connectivity index is 1.62. The maximum Gasteiger partial charge on any atom is 0.318 e. The summed E-state index contributed by atoms with van der Waals surface area (Å²) in [6.07, 6.45) is 6.84. The molecule has 6 heteroatoms. The van der Waals surface area contributed by atoms with Crippen LogP contribution in [0.4, 0.5) is 4.79 Å². The molecule has 0 bridgehead atoms. The smallest absolute Gasteiger partial charge is 0.318 e. The number of nitrogens with zero attached hydrogens (tertiary/aromatic N) is 1. The van der Waals surface area contributed by atoms with Crippen LogP contribution in [0.25, 0.3) is 0 Å². The summed E-state index contributed by atoms with van der Waals surface area (Å²) < 4.78 is 0. The number of urea groups is 1. The maximum absolute atomic E-state index is 13.4. The molecule has 33 heavy (non-hydrogen) atoms. The fraction of sp³-hybridized carbons (Fsp3) is 0.296. The second kappa shape index (κ2) is 10.5. The van der Waals surface area contributed by atoms with Gasteiger partial charge in [-0.05, 0) is 42.0 Å². The number of allylic oxidation sites excluding steroid dienone is 4. The summed E-state index contributed by atoms with van der Waals surface area (Å²) in [7, 11) is 0. The molecule has 1 saturated heterocycles. The Labute approximate surface area is 194 Å². The first kappa shape index (κ1) is 22.8. The fourth-order valence-electron chi connectivity index (χ4n) is 4.46. The van der Waals surface area contributed by atoms with Crippen molar-refractivity contribution in [2.24, 2.45) is 5.73 Å². The molecule has 0 saturated carbocycles. The van der Waals surface area contributed by atoms with Gasteiger partial charge >= 0.3 is 6.03 Å². The van der Waals surface area contributed by atoms with Crippen molar-refractivity contribution >= 4 is 6.03 Å². The zero-order valence-electron chi connectivity index (χ0n) is 18.5. The van der Waals surface area contributed by atoms with Crippen LogP contribution in [0, 0.1) is 0 Å². The zero-order chi connectivity index (χ0) is 23.2. The summed E-state index contributed by atoms with van der Waals surface area (Å²) in [4.78, 5) is 15.1. The van der Waals surface area contributed by atoms with Gasteiger partial charge in [-0.15, -0.1) is 0 Å². The normalized spacial score (nSPS) is 25.5. The molecule has 4 unspecified atom stereocenters. The Morgan fingerprint density at radius 2 is 1.58 bits per heavy atom. The minimum absolute atomic E-state index is 0.293. The predicted molar refractivity (Wildman–Crippen MR) is 129 cm³/mol. The van der Waals surface area contributed by atoms with Crippen LogP contribution in [0.1, 0.15) is 17.5 Å². The molecule has 2 aromatic rings. The summed E-state index contributed by atoms with van der Waals surface area (Å²) in [5.41, 5.74) is 9.58. The van der Waals surface area contributed by atoms with Crippen LogP contribution in [0.15, 0.2) is 96.2 Å². The molecule has 1 aliphatic heterocycles. The standard InChI is InChI=1S/C27H31N3O3/c28-22-13-7-12-21(14-15-22)18-30-24(17-20-10-5-2-6-11-20)26(32)25(31)23(29-27(30)33)16-19-8-3-1-4-9-19/h1-13,15,23-26,31-32H,14,16-18,28H2,(H,29,33). The molecule has 2 amide bonds. The molecule has 2 aliphatic rings. The highest BCUT2D eigenvalue weighted by molar-refractivity contribution is 5.76. The molecule has 6 nitrogen and oxygen atoms in total. The van der Waals surface area contributed by atoms with E-state index in [1.807, 2.05) is 85.0 Å². The van der Waals surface area contributed by atoms with Crippen molar-refractivity contribution in [1.29, 1.82) is 0 Å². The van der Waals surface area contributed by atoms with E-state index in [1.165, 1.54) is 0 Å². The third-order valence-corrected chi connectivity index (χ3v) is 6.31. The number of amides is 2. The van der Waals surface area contributed by atoms with Crippen LogP contribution in [0.3, 0.4) is 0 Å². The molecule has 0 spiro atoms. The van der Waals surface area contributed by atoms with Gasteiger partial charge in [0.1, 0.15) is 12.2 Å². The highest BCUT2D eigenvalue weighted by Crippen LogP contribution is 2.24. The summed E-state index contributed by atoms with van der Waals surface area (Å²) in [6, 6.07) is 17.9. The molecule has 5 N–H and O–H groups in total. The average Bonchev–Trinajstić information content (AvgIpc) is 3.08. The highest BCUT2D eigenvalue weighted by atomic mass is 16.3. The topological polar surface area (TPSA) is 98.8 Å². The number of hydrogen-bond acceptors (Lipinski definition) is 4. The van der Waals surface area contributed by atoms with Gasteiger partial charge in [0.2, 0.25) is 0 Å². The van der Waals surface area contributed by atoms with E-state index in [9.17, 15) is 15.0 Å². The van der Waals surface area contributed by atoms with Crippen molar-refractivity contribution in [2.75, 3.05) is 6.54 Å². The minimum atomic E-state index is -1.11. The number of nitrogens with two attached hydrogens (primary N) is 1. The Morgan fingerprint density at radius 3 is 2.24 bits per heavy atom. The lowest BCUT2D eigenvalue weighted by atomic mass is 9.91. The molecule has 1 fully saturated rings. The summed E-state index contributed by atoms with van der Waals surface area (Å²) >= 11 is 0. The minimum Gasteiger partial charge on any atom is -0.399 e. The summed E-state index contributed by atoms with van der Waals surface area (Å²) in [5.74, 6) is 0. The number of hydrogen-bond donors (Lipinski definition) is 4. The first-order valence-corrected chi connectivity index (χ1v) is 11.3. The molecule has 0 aromatic heterocycles. The Kier molecular flexibility index (Phi) is 7.27. The molecular weight excluding hydrogens is 414 g/mol. The highest BCUT2D eigenvalue weighted by Gasteiger charge is 2.42. The Hall–Kier alpha value is -3.35. The van der Waals surface area contributed by atoms with Crippen molar-refractivity contribution < 1.29 is 15.0 Å². The van der Waals surface area contributed by atoms with E-state index in [0.29, 0.717) is 31.5 Å². The van der Waals surface area contributed by atoms with E-state index < -0.39 is 24.3 Å². The van der Waals surface area contributed by atoms with Gasteiger partial charge < -0.3 is 26.2 Å². The summed E-state index contributed by atoms with van der Waals surface area (Å²) in [5, 5.41) is 25.4. The van der Waals surface area contributed by atoms with Crippen molar-refractivity contribution in [3.8, 4) is 0 Å². The van der Waals surface area contributed by atoms with Gasteiger partial charge in [0.05, 0.1) is 12.1 Å². The fourth-order valence-corrected chi connectivity index (χ4v) is 4.46. The lowest BCUT2D eigenvalue weighted by Gasteiger charge is -2.34. The van der Waals surface area contributed by atoms with Crippen LogP contribution in [-0.4, -0.2) is 52.0 Å². The molecule has 0 radical (unpaired) electrons. The van der Waals surface area contributed by atoms with E-state index in [-0.39, 0.29) is 6.03 Å². The van der Waals surface area contributed by atoms with Crippen LogP contribution in [-0.2, 0) is 12.8 Å². The molecule has 1 heterocycles. The van der Waals surface area contributed by atoms with Crippen molar-refractivity contribution in [2.45, 2.75) is 43.6 Å². The van der Waals surface area contributed by atoms with Crippen molar-refractivity contribution in [3.05, 3.63) is 107 Å². The number of benzene rings is 2. The van der Waals surface area contributed by atoms with Gasteiger partial charge in [0.15, 0.2) is 0 Å². The number of carbonyl (C=O) groups is 1. The van der Waals surface area contributed by atoms with Gasteiger partial charge in [-0.2, -0.15) is 0 Å². The van der Waals surface area contributed by atoms with Crippen LogP contribution in [0.2, 0.25) is 0 Å². The SMILES string of the molecule is NC1=CCC(CN2C(=O)NC(Cc3ccccc3)C(O)C(O)C2Cc2ccccc2)=CC=C1. The lowest BCUT2D eigenvalue weighted by Crippen LogP contribution is -2.51. The molecule has 1 aliphatic carbocycles. The van der Waals surface area contributed by atoms with Gasteiger partial charge in [-0.3, -0.25) is 0 Å². The second-order valence-electron chi connectivity index (χ2n) is 8.70. The Bertz CT molecular complexity index is 1030. The van der Waals surface area contributed by atoms with Crippen molar-refractivity contribution in [1.82, 2.24) is 10.2 Å². The molecule has 4 rings (SSSR count). The van der Waals surface area contributed by atoms with E-state index in [4.69, 9.17) is 5.73 Å². The molecule has 4 atom stereocenters. The number of carbonyl (C=O) groups excluding carboxylic acids is 1. The largest absolute Gasteiger partial charge is 0.399 e. The zero-order valence-corrected chi connectivity index (χ0v) is 18.5. The maximum atomic E-state index is 13.4. The molecule has 172 valence electrons. The number of nitrogens with one attached hydrogen (secondary N) is 1. The third kappa shape index (κ3) is 5.72. The van der Waals surface area contributed by atoms with Crippen molar-refractivity contribution in [3.63, 3.8) is 0 Å². The first-order valence-electron chi connectivity index (χ1n) is 11.3. The number of aliphatic hydroxyl groups excluding tert-OH is 2. The van der Waals surface area contributed by atoms with E-state index >= 15 is 0 Å². The predicted octanol–water partition coefficient (Wildman–Crippen LogP) is 2.68. The van der Waals surface area contributed by atoms with Crippen LogP contribution < -0.4 is 11.1 Å². The second-order valence-corrected chi connectivity index (χ2v) is 8.70. The number of aliphatic hydroxyl groups is 2. The van der Waals surface area contributed by atoms with Crippen LogP contribution in [0.5, 0.6) is 0 Å². The number of rotatable bonds is 6. The van der Waals surface area contributed by atoms with Gasteiger partial charge in [0.25, 0.3) is 0 Å². The van der Waals surface area contributed by atoms with Crippen LogP contribution >= 0.6 is 0 Å². The average molecular weight is 446 g/mol. The lowest BCUT2D eigenvalue weighted by molar-refractivity contribution is -0.0284. The summed E-state index contributed by atoms with van der Waals surface area (Å²) in [6.45, 7) is 0.333. The monoisotopic (exact) mass is 445 g/mol. The van der Waals surface area contributed by atoms with Gasteiger partial charge in [-0.1, -0.05) is 78.9 Å². The third-order valence-electron chi connectivity index (χ3n) is 6.31.